The van der Waals surface area contributed by atoms with E-state index < -0.39 is 23.5 Å². The second-order valence-corrected chi connectivity index (χ2v) is 3.01. The average Bonchev–Trinajstić information content (AvgIpc) is 2.25. The third-order valence-electron chi connectivity index (χ3n) is 2.28. The van der Waals surface area contributed by atoms with Crippen LogP contribution in [-0.2, 0) is 14.3 Å². The van der Waals surface area contributed by atoms with Crippen LogP contribution in [-0.4, -0.2) is 17.6 Å². The summed E-state index contributed by atoms with van der Waals surface area (Å²) in [5, 5.41) is 0. The van der Waals surface area contributed by atoms with Gasteiger partial charge in [-0.2, -0.15) is 0 Å². The summed E-state index contributed by atoms with van der Waals surface area (Å²) in [5.41, 5.74) is -2.17. The van der Waals surface area contributed by atoms with Gasteiger partial charge in [0.25, 0.3) is 0 Å². The molecule has 3 nitrogen and oxygen atoms in total. The average molecular weight is 170 g/mol. The minimum absolute atomic E-state index is 0.359. The molecule has 64 valence electrons. The van der Waals surface area contributed by atoms with Crippen LogP contribution in [0.2, 0.25) is 0 Å². The summed E-state index contributed by atoms with van der Waals surface area (Å²) in [4.78, 5) is 21.8. The molecule has 1 aliphatic carbocycles. The summed E-state index contributed by atoms with van der Waals surface area (Å²) in [6.45, 7) is 0. The number of esters is 2. The zero-order valence-corrected chi connectivity index (χ0v) is 6.25. The first-order valence-electron chi connectivity index (χ1n) is 3.77. The lowest BCUT2D eigenvalue weighted by Gasteiger charge is -2.19. The smallest absolute Gasteiger partial charge is 0.356 e. The van der Waals surface area contributed by atoms with Gasteiger partial charge in [0.05, 0.1) is 0 Å². The molecule has 4 heteroatoms. The Hall–Kier alpha value is -1.19. The molecule has 1 fully saturated rings. The lowest BCUT2D eigenvalue weighted by Crippen LogP contribution is -2.36. The lowest BCUT2D eigenvalue weighted by atomic mass is 9.83. The number of carbonyl (C=O) groups is 2. The standard InChI is InChI=1S/C8H7FO3/c9-8-4-2-1-3-5(8)6(10)12-7(8)11/h2,4-5H,1,3H2. The summed E-state index contributed by atoms with van der Waals surface area (Å²) in [7, 11) is 0. The second-order valence-electron chi connectivity index (χ2n) is 3.01. The van der Waals surface area contributed by atoms with Gasteiger partial charge >= 0.3 is 11.9 Å². The number of hydrogen-bond acceptors (Lipinski definition) is 3. The maximum atomic E-state index is 13.6. The first-order chi connectivity index (χ1) is 5.64. The van der Waals surface area contributed by atoms with E-state index in [1.807, 2.05) is 0 Å². The van der Waals surface area contributed by atoms with E-state index in [4.69, 9.17) is 0 Å². The highest BCUT2D eigenvalue weighted by molar-refractivity contribution is 6.02. The fourth-order valence-corrected chi connectivity index (χ4v) is 1.58. The van der Waals surface area contributed by atoms with E-state index in [0.717, 1.165) is 6.08 Å². The molecule has 2 unspecified atom stereocenters. The van der Waals surface area contributed by atoms with Crippen LogP contribution < -0.4 is 0 Å². The van der Waals surface area contributed by atoms with Crippen molar-refractivity contribution in [1.82, 2.24) is 0 Å². The number of ether oxygens (including phenoxy) is 1. The van der Waals surface area contributed by atoms with E-state index in [2.05, 4.69) is 4.74 Å². The molecule has 1 aliphatic heterocycles. The molecule has 2 aliphatic rings. The van der Waals surface area contributed by atoms with Gasteiger partial charge in [0.2, 0.25) is 5.67 Å². The van der Waals surface area contributed by atoms with Gasteiger partial charge in [-0.1, -0.05) is 6.08 Å². The minimum Gasteiger partial charge on any atom is -0.390 e. The van der Waals surface area contributed by atoms with Gasteiger partial charge in [-0.25, -0.2) is 9.18 Å². The zero-order valence-electron chi connectivity index (χ0n) is 6.25. The first kappa shape index (κ1) is 7.46. The maximum Gasteiger partial charge on any atom is 0.356 e. The van der Waals surface area contributed by atoms with E-state index in [9.17, 15) is 14.0 Å². The van der Waals surface area contributed by atoms with Gasteiger partial charge in [-0.3, -0.25) is 4.79 Å². The van der Waals surface area contributed by atoms with Crippen molar-refractivity contribution >= 4 is 11.9 Å². The van der Waals surface area contributed by atoms with Crippen molar-refractivity contribution in [1.29, 1.82) is 0 Å². The topological polar surface area (TPSA) is 43.4 Å². The summed E-state index contributed by atoms with van der Waals surface area (Å²) in [6.07, 6.45) is 3.68. The van der Waals surface area contributed by atoms with Crippen LogP contribution in [0.1, 0.15) is 12.8 Å². The van der Waals surface area contributed by atoms with Crippen LogP contribution in [0.15, 0.2) is 12.2 Å². The molecule has 0 radical (unpaired) electrons. The third-order valence-corrected chi connectivity index (χ3v) is 2.28. The first-order valence-corrected chi connectivity index (χ1v) is 3.77. The van der Waals surface area contributed by atoms with E-state index >= 15 is 0 Å². The van der Waals surface area contributed by atoms with Gasteiger partial charge in [-0.15, -0.1) is 0 Å². The number of allylic oxidation sites excluding steroid dienone is 1. The number of alkyl halides is 1. The Kier molecular flexibility index (Phi) is 1.34. The molecule has 0 aromatic heterocycles. The fourth-order valence-electron chi connectivity index (χ4n) is 1.58. The predicted molar refractivity (Wildman–Crippen MR) is 36.8 cm³/mol. The molecule has 2 rings (SSSR count). The number of fused-ring (bicyclic) bond motifs is 1. The number of rotatable bonds is 0. The SMILES string of the molecule is O=C1OC(=O)C2(F)C=CCCC12. The minimum atomic E-state index is -2.17. The number of hydrogen-bond donors (Lipinski definition) is 0. The largest absolute Gasteiger partial charge is 0.390 e. The van der Waals surface area contributed by atoms with Crippen LogP contribution in [0.4, 0.5) is 4.39 Å². The Morgan fingerprint density at radius 1 is 1.58 bits per heavy atom. The van der Waals surface area contributed by atoms with Crippen molar-refractivity contribution in [2.45, 2.75) is 18.5 Å². The van der Waals surface area contributed by atoms with Crippen LogP contribution in [0.3, 0.4) is 0 Å². The quantitative estimate of drug-likeness (QED) is 0.306. The summed E-state index contributed by atoms with van der Waals surface area (Å²) in [6, 6.07) is 0. The molecular formula is C8H7FO3. The molecule has 2 atom stereocenters. The highest BCUT2D eigenvalue weighted by atomic mass is 19.1. The second kappa shape index (κ2) is 2.15. The van der Waals surface area contributed by atoms with Crippen molar-refractivity contribution < 1.29 is 18.7 Å². The molecule has 0 N–H and O–H groups in total. The Morgan fingerprint density at radius 3 is 3.00 bits per heavy atom. The molecule has 0 aromatic rings. The van der Waals surface area contributed by atoms with Crippen molar-refractivity contribution in [2.75, 3.05) is 0 Å². The van der Waals surface area contributed by atoms with E-state index in [0.29, 0.717) is 12.8 Å². The Bertz CT molecular complexity index is 284. The monoisotopic (exact) mass is 170 g/mol. The highest BCUT2D eigenvalue weighted by Gasteiger charge is 2.57. The van der Waals surface area contributed by atoms with Gasteiger partial charge < -0.3 is 4.74 Å². The van der Waals surface area contributed by atoms with Crippen LogP contribution >= 0.6 is 0 Å². The van der Waals surface area contributed by atoms with Gasteiger partial charge in [0.1, 0.15) is 5.92 Å². The molecule has 0 aromatic carbocycles. The summed E-state index contributed by atoms with van der Waals surface area (Å²) >= 11 is 0. The molecule has 0 bridgehead atoms. The van der Waals surface area contributed by atoms with Crippen molar-refractivity contribution in [3.8, 4) is 0 Å². The van der Waals surface area contributed by atoms with Gasteiger partial charge in [0, 0.05) is 0 Å². The Balaban J connectivity index is 2.44. The van der Waals surface area contributed by atoms with E-state index in [1.54, 1.807) is 6.08 Å². The molecule has 12 heavy (non-hydrogen) atoms. The lowest BCUT2D eigenvalue weighted by molar-refractivity contribution is -0.155. The number of halogens is 1. The third kappa shape index (κ3) is 0.748. The van der Waals surface area contributed by atoms with Crippen LogP contribution in [0.5, 0.6) is 0 Å². The predicted octanol–water partition coefficient (Wildman–Crippen LogP) is 0.744. The van der Waals surface area contributed by atoms with E-state index in [1.165, 1.54) is 0 Å². The van der Waals surface area contributed by atoms with Crippen molar-refractivity contribution in [2.24, 2.45) is 5.92 Å². The molecule has 1 saturated heterocycles. The van der Waals surface area contributed by atoms with Gasteiger partial charge in [0.15, 0.2) is 0 Å². The van der Waals surface area contributed by atoms with Crippen LogP contribution in [0.25, 0.3) is 0 Å². The maximum absolute atomic E-state index is 13.6. The van der Waals surface area contributed by atoms with E-state index in [-0.39, 0.29) is 0 Å². The Labute approximate surface area is 68.2 Å². The number of carbonyl (C=O) groups excluding carboxylic acids is 2. The Morgan fingerprint density at radius 2 is 2.33 bits per heavy atom. The van der Waals surface area contributed by atoms with Gasteiger partial charge in [-0.05, 0) is 18.9 Å². The summed E-state index contributed by atoms with van der Waals surface area (Å²) < 4.78 is 17.8. The number of cyclic esters (lactones) is 2. The van der Waals surface area contributed by atoms with Crippen molar-refractivity contribution in [3.05, 3.63) is 12.2 Å². The summed E-state index contributed by atoms with van der Waals surface area (Å²) in [5.74, 6) is -2.70. The molecule has 0 amide bonds. The normalized spacial score (nSPS) is 39.6. The molecule has 0 spiro atoms. The van der Waals surface area contributed by atoms with Crippen molar-refractivity contribution in [3.63, 3.8) is 0 Å². The molecule has 0 saturated carbocycles. The zero-order chi connectivity index (χ0) is 8.77. The molecular weight excluding hydrogens is 163 g/mol. The molecule has 1 heterocycles. The van der Waals surface area contributed by atoms with Crippen LogP contribution in [0, 0.1) is 5.92 Å². The fraction of sp³-hybridized carbons (Fsp3) is 0.500. The highest BCUT2D eigenvalue weighted by Crippen LogP contribution is 2.39.